The lowest BCUT2D eigenvalue weighted by Gasteiger charge is -2.37. The van der Waals surface area contributed by atoms with Crippen LogP contribution in [0.15, 0.2) is 30.6 Å². The molecule has 4 atom stereocenters. The van der Waals surface area contributed by atoms with Crippen LogP contribution < -0.4 is 15.5 Å². The third-order valence-electron chi connectivity index (χ3n) is 7.30. The Balaban J connectivity index is 1.27. The van der Waals surface area contributed by atoms with E-state index in [0.29, 0.717) is 29.5 Å². The quantitative estimate of drug-likeness (QED) is 0.639. The summed E-state index contributed by atoms with van der Waals surface area (Å²) in [7, 11) is 1.92. The maximum Gasteiger partial charge on any atom is 0.270 e. The molecule has 3 aliphatic rings. The molecule has 6 rings (SSSR count). The molecule has 4 unspecified atom stereocenters. The lowest BCUT2D eigenvalue weighted by Crippen LogP contribution is -2.54. The molecule has 33 heavy (non-hydrogen) atoms. The van der Waals surface area contributed by atoms with Gasteiger partial charge in [0.05, 0.1) is 24.0 Å². The number of amides is 1. The second-order valence-corrected chi connectivity index (χ2v) is 9.75. The highest BCUT2D eigenvalue weighted by Gasteiger charge is 2.41. The van der Waals surface area contributed by atoms with Crippen molar-refractivity contribution in [3.63, 3.8) is 0 Å². The van der Waals surface area contributed by atoms with Crippen LogP contribution in [0.4, 0.5) is 17.5 Å². The molecule has 3 aromatic rings. The van der Waals surface area contributed by atoms with Gasteiger partial charge in [-0.2, -0.15) is 4.98 Å². The number of carbonyl (C=O) groups excluding carboxylic acids is 1. The number of pyridine rings is 1. The molecule has 0 bridgehead atoms. The minimum Gasteiger partial charge on any atom is -0.367 e. The molecular weight excluding hydrogens is 416 g/mol. The smallest absolute Gasteiger partial charge is 0.270 e. The maximum absolute atomic E-state index is 12.9. The van der Waals surface area contributed by atoms with Crippen LogP contribution in [0, 0.1) is 0 Å². The number of anilines is 3. The largest absolute Gasteiger partial charge is 0.367 e. The van der Waals surface area contributed by atoms with Gasteiger partial charge in [-0.25, -0.2) is 9.97 Å². The van der Waals surface area contributed by atoms with Gasteiger partial charge in [-0.1, -0.05) is 0 Å². The summed E-state index contributed by atoms with van der Waals surface area (Å²) in [5.74, 6) is 1.27. The minimum absolute atomic E-state index is 0.0689. The first-order chi connectivity index (χ1) is 16.0. The lowest BCUT2D eigenvalue weighted by atomic mass is 10.1. The van der Waals surface area contributed by atoms with E-state index in [1.807, 2.05) is 30.3 Å². The zero-order valence-electron chi connectivity index (χ0n) is 19.3. The first-order valence-corrected chi connectivity index (χ1v) is 11.9. The molecule has 0 aromatic carbocycles. The zero-order valence-corrected chi connectivity index (χ0v) is 19.3. The van der Waals surface area contributed by atoms with E-state index in [1.165, 1.54) is 0 Å². The van der Waals surface area contributed by atoms with E-state index in [2.05, 4.69) is 50.0 Å². The first kappa shape index (κ1) is 20.4. The van der Waals surface area contributed by atoms with E-state index < -0.39 is 0 Å². The Morgan fingerprint density at radius 3 is 2.61 bits per heavy atom. The van der Waals surface area contributed by atoms with Gasteiger partial charge >= 0.3 is 0 Å². The van der Waals surface area contributed by atoms with Crippen LogP contribution in [0.25, 0.3) is 11.0 Å². The van der Waals surface area contributed by atoms with Crippen molar-refractivity contribution in [2.24, 2.45) is 0 Å². The van der Waals surface area contributed by atoms with Gasteiger partial charge in [0, 0.05) is 43.8 Å². The van der Waals surface area contributed by atoms with Crippen LogP contribution in [0.3, 0.4) is 0 Å². The van der Waals surface area contributed by atoms with Gasteiger partial charge in [0.15, 0.2) is 0 Å². The summed E-state index contributed by atoms with van der Waals surface area (Å²) < 4.78 is 2.14. The Hall–Kier alpha value is -3.20. The summed E-state index contributed by atoms with van der Waals surface area (Å²) in [5.41, 5.74) is 2.65. The van der Waals surface area contributed by atoms with Gasteiger partial charge in [-0.3, -0.25) is 4.79 Å². The first-order valence-electron chi connectivity index (χ1n) is 11.9. The normalized spacial score (nSPS) is 27.1. The van der Waals surface area contributed by atoms with Crippen LogP contribution in [0.1, 0.15) is 49.6 Å². The Bertz CT molecular complexity index is 1200. The van der Waals surface area contributed by atoms with Crippen molar-refractivity contribution < 1.29 is 4.79 Å². The Kier molecular flexibility index (Phi) is 4.76. The summed E-state index contributed by atoms with van der Waals surface area (Å²) in [6, 6.07) is 7.42. The van der Waals surface area contributed by atoms with Gasteiger partial charge in [-0.05, 0) is 51.3 Å². The number of rotatable bonds is 3. The molecule has 1 aliphatic carbocycles. The highest BCUT2D eigenvalue weighted by Crippen LogP contribution is 2.41. The highest BCUT2D eigenvalue weighted by atomic mass is 16.2. The number of carbonyl (C=O) groups is 1. The Labute approximate surface area is 193 Å². The van der Waals surface area contributed by atoms with Crippen LogP contribution >= 0.6 is 0 Å². The third-order valence-corrected chi connectivity index (χ3v) is 7.30. The van der Waals surface area contributed by atoms with E-state index in [4.69, 9.17) is 4.98 Å². The predicted octanol–water partition coefficient (Wildman–Crippen LogP) is 2.94. The summed E-state index contributed by atoms with van der Waals surface area (Å²) in [4.78, 5) is 31.1. The van der Waals surface area contributed by atoms with Crippen molar-refractivity contribution in [1.29, 1.82) is 0 Å². The highest BCUT2D eigenvalue weighted by molar-refractivity contribution is 5.99. The minimum atomic E-state index is 0.0689. The van der Waals surface area contributed by atoms with Crippen molar-refractivity contribution in [3.05, 3.63) is 36.3 Å². The Morgan fingerprint density at radius 1 is 1.06 bits per heavy atom. The van der Waals surface area contributed by atoms with Gasteiger partial charge in [-0.15, -0.1) is 0 Å². The zero-order chi connectivity index (χ0) is 22.7. The summed E-state index contributed by atoms with van der Waals surface area (Å²) in [6.07, 6.45) is 6.94. The number of aromatic nitrogens is 4. The number of hydrogen-bond donors (Lipinski definition) is 2. The summed E-state index contributed by atoms with van der Waals surface area (Å²) >= 11 is 0. The van der Waals surface area contributed by atoms with E-state index in [0.717, 1.165) is 49.1 Å². The molecule has 2 aliphatic heterocycles. The maximum atomic E-state index is 12.9. The van der Waals surface area contributed by atoms with Crippen LogP contribution in [0.2, 0.25) is 0 Å². The van der Waals surface area contributed by atoms with Gasteiger partial charge in [0.1, 0.15) is 17.2 Å². The fourth-order valence-electron chi connectivity index (χ4n) is 5.87. The van der Waals surface area contributed by atoms with E-state index >= 15 is 0 Å². The molecule has 5 heterocycles. The molecule has 9 heteroatoms. The monoisotopic (exact) mass is 446 g/mol. The number of nitrogens with zero attached hydrogens (tertiary/aromatic N) is 6. The average Bonchev–Trinajstić information content (AvgIpc) is 3.42. The number of fused-ring (bicyclic) bond motifs is 5. The van der Waals surface area contributed by atoms with Crippen molar-refractivity contribution in [2.75, 3.05) is 30.4 Å². The van der Waals surface area contributed by atoms with E-state index in [1.54, 1.807) is 6.20 Å². The molecule has 1 saturated carbocycles. The van der Waals surface area contributed by atoms with E-state index in [9.17, 15) is 4.79 Å². The van der Waals surface area contributed by atoms with Crippen LogP contribution in [0.5, 0.6) is 0 Å². The molecule has 172 valence electrons. The molecule has 2 fully saturated rings. The molecule has 0 spiro atoms. The van der Waals surface area contributed by atoms with Crippen molar-refractivity contribution >= 4 is 34.4 Å². The molecule has 9 nitrogen and oxygen atoms in total. The van der Waals surface area contributed by atoms with Crippen molar-refractivity contribution in [2.45, 2.75) is 57.3 Å². The van der Waals surface area contributed by atoms with Crippen LogP contribution in [-0.2, 0) is 0 Å². The van der Waals surface area contributed by atoms with Gasteiger partial charge in [0.2, 0.25) is 5.95 Å². The second kappa shape index (κ2) is 7.69. The molecule has 1 amide bonds. The third kappa shape index (κ3) is 3.42. The van der Waals surface area contributed by atoms with Gasteiger partial charge < -0.3 is 25.0 Å². The standard InChI is InChI=1S/C24H30N8O/c1-14-12-31(13-15(2)27-14)17-7-8-21(25-11-17)28-24-26-10-16-9-20-23(33)30(3)18-5-4-6-19(18)32(20)22(16)29-24/h7-11,14-15,18-19,27H,4-6,12-13H2,1-3H3,(H,25,26,28,29). The number of nitrogens with one attached hydrogen (secondary N) is 2. The fraction of sp³-hybridized carbons (Fsp3) is 0.500. The second-order valence-electron chi connectivity index (χ2n) is 9.75. The van der Waals surface area contributed by atoms with Crippen molar-refractivity contribution in [1.82, 2.24) is 29.7 Å². The summed E-state index contributed by atoms with van der Waals surface area (Å²) in [5, 5.41) is 7.70. The lowest BCUT2D eigenvalue weighted by molar-refractivity contribution is 0.0632. The summed E-state index contributed by atoms with van der Waals surface area (Å²) in [6.45, 7) is 6.35. The SMILES string of the molecule is CC1CN(c2ccc(Nc3ncc4cc5n(c4n3)C3CCCC3N(C)C5=O)nc2)CC(C)N1. The number of hydrogen-bond acceptors (Lipinski definition) is 7. The van der Waals surface area contributed by atoms with Crippen molar-refractivity contribution in [3.8, 4) is 0 Å². The van der Waals surface area contributed by atoms with Crippen LogP contribution in [-0.4, -0.2) is 68.6 Å². The van der Waals surface area contributed by atoms with Gasteiger partial charge in [0.25, 0.3) is 5.91 Å². The Morgan fingerprint density at radius 2 is 1.85 bits per heavy atom. The number of piperazine rings is 1. The molecule has 1 saturated heterocycles. The average molecular weight is 447 g/mol. The molecular formula is C24H30N8O. The topological polar surface area (TPSA) is 91.2 Å². The molecule has 2 N–H and O–H groups in total. The predicted molar refractivity (Wildman–Crippen MR) is 128 cm³/mol. The fourth-order valence-corrected chi connectivity index (χ4v) is 5.87. The number of likely N-dealkylation sites (N-methyl/N-ethyl adjacent to an activating group) is 1. The molecule has 3 aromatic heterocycles. The molecule has 0 radical (unpaired) electrons. The van der Waals surface area contributed by atoms with E-state index in [-0.39, 0.29) is 18.0 Å².